The minimum atomic E-state index is -1.26. The zero-order valence-corrected chi connectivity index (χ0v) is 13.5. The fraction of sp³-hybridized carbons (Fsp3) is 0.400. The molecule has 2 unspecified atom stereocenters. The highest BCUT2D eigenvalue weighted by molar-refractivity contribution is 7.09. The van der Waals surface area contributed by atoms with Gasteiger partial charge in [0, 0.05) is 23.1 Å². The molecule has 0 radical (unpaired) electrons. The summed E-state index contributed by atoms with van der Waals surface area (Å²) in [5.74, 6) is -2.51. The molecule has 124 valence electrons. The van der Waals surface area contributed by atoms with Crippen LogP contribution in [0.5, 0.6) is 0 Å². The Balaban J connectivity index is 0.000000207. The summed E-state index contributed by atoms with van der Waals surface area (Å²) in [5.41, 5.74) is 10.6. The number of aromatic nitrogens is 1. The van der Waals surface area contributed by atoms with Crippen LogP contribution in [-0.2, 0) is 16.0 Å². The first-order valence-corrected chi connectivity index (χ1v) is 8.02. The maximum Gasteiger partial charge on any atom is 0.328 e. The van der Waals surface area contributed by atoms with Crippen LogP contribution in [0.2, 0.25) is 0 Å². The monoisotopic (exact) mass is 337 g/mol. The van der Waals surface area contributed by atoms with Gasteiger partial charge in [-0.2, -0.15) is 0 Å². The van der Waals surface area contributed by atoms with Gasteiger partial charge < -0.3 is 15.9 Å². The Hall–Kier alpha value is -2.03. The molecule has 1 aromatic heterocycles. The van der Waals surface area contributed by atoms with E-state index >= 15 is 0 Å². The van der Waals surface area contributed by atoms with Gasteiger partial charge in [0.25, 0.3) is 0 Å². The molecular formula is C15H19N3O4S. The topological polar surface area (TPSA) is 117 Å². The van der Waals surface area contributed by atoms with Crippen molar-refractivity contribution in [2.45, 2.75) is 31.5 Å². The lowest BCUT2D eigenvalue weighted by Gasteiger charge is -2.39. The van der Waals surface area contributed by atoms with Crippen molar-refractivity contribution < 1.29 is 19.8 Å². The molecule has 0 amide bonds. The number of aryl methyl sites for hydroxylation is 1. The van der Waals surface area contributed by atoms with Crippen molar-refractivity contribution >= 4 is 28.8 Å². The maximum absolute atomic E-state index is 9.55. The van der Waals surface area contributed by atoms with Crippen LogP contribution in [0.1, 0.15) is 23.4 Å². The molecule has 0 aromatic carbocycles. The van der Waals surface area contributed by atoms with Crippen LogP contribution < -0.4 is 5.73 Å². The fourth-order valence-electron chi connectivity index (χ4n) is 2.71. The van der Waals surface area contributed by atoms with E-state index in [9.17, 15) is 9.59 Å². The number of likely N-dealkylation sites (N-methyl/N-ethyl adjacent to an activating group) is 1. The standard InChI is InChI=1S/C11H15N3S.C4H4O4/c1-14-8-3-4-9-11(13-6-15-9)7(8)2-5-10(14)12;5-3(6)1-2-4(7)8/h2,6,8,10H,3-5,12H2,1H3;1-2H,(H,5,6)(H,7,8)/b;2-1-. The number of rotatable bonds is 2. The molecule has 2 aliphatic rings. The summed E-state index contributed by atoms with van der Waals surface area (Å²) in [6.45, 7) is 0. The van der Waals surface area contributed by atoms with Crippen molar-refractivity contribution in [2.24, 2.45) is 5.73 Å². The molecule has 0 saturated heterocycles. The summed E-state index contributed by atoms with van der Waals surface area (Å²) in [5, 5.41) is 15.6. The first-order valence-electron chi connectivity index (χ1n) is 7.14. The van der Waals surface area contributed by atoms with Crippen LogP contribution in [0.15, 0.2) is 23.7 Å². The van der Waals surface area contributed by atoms with Crippen LogP contribution in [0, 0.1) is 0 Å². The zero-order chi connectivity index (χ0) is 17.0. The third-order valence-electron chi connectivity index (χ3n) is 3.88. The van der Waals surface area contributed by atoms with Gasteiger partial charge in [-0.25, -0.2) is 14.6 Å². The molecule has 4 N–H and O–H groups in total. The first kappa shape index (κ1) is 17.3. The molecular weight excluding hydrogens is 318 g/mol. The highest BCUT2D eigenvalue weighted by atomic mass is 32.1. The fourth-order valence-corrected chi connectivity index (χ4v) is 3.51. The van der Waals surface area contributed by atoms with E-state index in [1.54, 1.807) is 11.3 Å². The number of aliphatic carboxylic acids is 2. The summed E-state index contributed by atoms with van der Waals surface area (Å²) >= 11 is 1.78. The lowest BCUT2D eigenvalue weighted by Crippen LogP contribution is -2.49. The van der Waals surface area contributed by atoms with Crippen molar-refractivity contribution in [2.75, 3.05) is 7.05 Å². The molecule has 0 spiro atoms. The average molecular weight is 337 g/mol. The Labute approximate surface area is 137 Å². The van der Waals surface area contributed by atoms with Gasteiger partial charge in [-0.15, -0.1) is 11.3 Å². The van der Waals surface area contributed by atoms with E-state index in [0.29, 0.717) is 18.2 Å². The number of nitrogens with two attached hydrogens (primary N) is 1. The second-order valence-electron chi connectivity index (χ2n) is 5.32. The van der Waals surface area contributed by atoms with Gasteiger partial charge in [-0.05, 0) is 31.9 Å². The third kappa shape index (κ3) is 4.25. The van der Waals surface area contributed by atoms with E-state index in [0.717, 1.165) is 12.8 Å². The first-order chi connectivity index (χ1) is 10.9. The molecule has 0 saturated carbocycles. The number of hydrogen-bond donors (Lipinski definition) is 3. The molecule has 3 rings (SSSR count). The van der Waals surface area contributed by atoms with Gasteiger partial charge in [-0.1, -0.05) is 6.08 Å². The third-order valence-corrected chi connectivity index (χ3v) is 4.77. The van der Waals surface area contributed by atoms with E-state index in [4.69, 9.17) is 15.9 Å². The molecule has 0 bridgehead atoms. The summed E-state index contributed by atoms with van der Waals surface area (Å²) < 4.78 is 0. The van der Waals surface area contributed by atoms with Gasteiger partial charge in [0.2, 0.25) is 0 Å². The second kappa shape index (κ2) is 7.49. The number of fused-ring (bicyclic) bond motifs is 3. The van der Waals surface area contributed by atoms with Crippen molar-refractivity contribution in [1.29, 1.82) is 0 Å². The largest absolute Gasteiger partial charge is 0.478 e. The maximum atomic E-state index is 9.55. The Bertz CT molecular complexity index is 637. The van der Waals surface area contributed by atoms with Gasteiger partial charge >= 0.3 is 11.9 Å². The quantitative estimate of drug-likeness (QED) is 0.694. The Morgan fingerprint density at radius 3 is 2.65 bits per heavy atom. The van der Waals surface area contributed by atoms with E-state index in [1.807, 2.05) is 5.51 Å². The van der Waals surface area contributed by atoms with Crippen LogP contribution in [-0.4, -0.2) is 51.3 Å². The predicted octanol–water partition coefficient (Wildman–Crippen LogP) is 1.17. The SMILES string of the molecule is CN1C(N)CC=C2c3ncsc3CCC21.O=C(O)/C=C\C(=O)O. The van der Waals surface area contributed by atoms with Crippen molar-refractivity contribution in [3.8, 4) is 0 Å². The number of hydrogen-bond acceptors (Lipinski definition) is 6. The van der Waals surface area contributed by atoms with Crippen molar-refractivity contribution in [3.63, 3.8) is 0 Å². The van der Waals surface area contributed by atoms with Crippen molar-refractivity contribution in [3.05, 3.63) is 34.3 Å². The minimum absolute atomic E-state index is 0.180. The Morgan fingerprint density at radius 2 is 2.04 bits per heavy atom. The number of carboxylic acid groups (broad SMARTS) is 2. The zero-order valence-electron chi connectivity index (χ0n) is 12.7. The predicted molar refractivity (Wildman–Crippen MR) is 87.0 cm³/mol. The van der Waals surface area contributed by atoms with Gasteiger partial charge in [-0.3, -0.25) is 4.90 Å². The number of carboxylic acids is 2. The molecule has 1 aliphatic carbocycles. The Kier molecular flexibility index (Phi) is 5.64. The van der Waals surface area contributed by atoms with Crippen LogP contribution in [0.4, 0.5) is 0 Å². The van der Waals surface area contributed by atoms with E-state index < -0.39 is 11.9 Å². The van der Waals surface area contributed by atoms with Crippen LogP contribution in [0.3, 0.4) is 0 Å². The molecule has 1 aromatic rings. The van der Waals surface area contributed by atoms with E-state index in [-0.39, 0.29) is 6.17 Å². The molecule has 0 fully saturated rings. The molecule has 1 aliphatic heterocycles. The number of thiazole rings is 1. The second-order valence-corrected chi connectivity index (χ2v) is 6.26. The molecule has 8 heteroatoms. The summed E-state index contributed by atoms with van der Waals surface area (Å²) in [4.78, 5) is 27.3. The van der Waals surface area contributed by atoms with E-state index in [2.05, 4.69) is 23.0 Å². The lowest BCUT2D eigenvalue weighted by molar-refractivity contribution is -0.134. The van der Waals surface area contributed by atoms with Gasteiger partial charge in [0.15, 0.2) is 0 Å². The number of nitrogens with zero attached hydrogens (tertiary/aromatic N) is 2. The molecule has 7 nitrogen and oxygen atoms in total. The van der Waals surface area contributed by atoms with Crippen LogP contribution >= 0.6 is 11.3 Å². The highest BCUT2D eigenvalue weighted by Gasteiger charge is 2.33. The molecule has 2 atom stereocenters. The van der Waals surface area contributed by atoms with E-state index in [1.165, 1.54) is 22.6 Å². The summed E-state index contributed by atoms with van der Waals surface area (Å²) in [6.07, 6.45) is 6.86. The summed E-state index contributed by atoms with van der Waals surface area (Å²) in [7, 11) is 2.12. The smallest absolute Gasteiger partial charge is 0.328 e. The molecule has 2 heterocycles. The highest BCUT2D eigenvalue weighted by Crippen LogP contribution is 2.37. The summed E-state index contributed by atoms with van der Waals surface area (Å²) in [6, 6.07) is 0.489. The normalized spacial score (nSPS) is 23.3. The number of carbonyl (C=O) groups is 2. The van der Waals surface area contributed by atoms with Gasteiger partial charge in [0.05, 0.1) is 17.4 Å². The van der Waals surface area contributed by atoms with Crippen LogP contribution in [0.25, 0.3) is 5.57 Å². The lowest BCUT2D eigenvalue weighted by atomic mass is 9.87. The van der Waals surface area contributed by atoms with Gasteiger partial charge in [0.1, 0.15) is 0 Å². The minimum Gasteiger partial charge on any atom is -0.478 e. The Morgan fingerprint density at radius 1 is 1.39 bits per heavy atom. The molecule has 23 heavy (non-hydrogen) atoms. The average Bonchev–Trinajstić information content (AvgIpc) is 2.98. The van der Waals surface area contributed by atoms with Crippen molar-refractivity contribution in [1.82, 2.24) is 9.88 Å².